The van der Waals surface area contributed by atoms with Crippen LogP contribution in [0.1, 0.15) is 23.0 Å². The fourth-order valence-corrected chi connectivity index (χ4v) is 1.82. The van der Waals surface area contributed by atoms with E-state index in [-0.39, 0.29) is 5.69 Å². The lowest BCUT2D eigenvalue weighted by molar-refractivity contribution is 0.0520. The third-order valence-electron chi connectivity index (χ3n) is 2.15. The van der Waals surface area contributed by atoms with Crippen LogP contribution in [0.25, 0.3) is 5.65 Å². The Balaban J connectivity index is 2.51. The van der Waals surface area contributed by atoms with Crippen LogP contribution < -0.4 is 0 Å². The number of aromatic nitrogens is 2. The first-order valence-corrected chi connectivity index (χ1v) is 5.70. The lowest BCUT2D eigenvalue weighted by Crippen LogP contribution is -2.04. The summed E-state index contributed by atoms with van der Waals surface area (Å²) in [6.45, 7) is 2.04. The average Bonchev–Trinajstić information content (AvgIpc) is 2.71. The number of fused-ring (bicyclic) bond motifs is 1. The van der Waals surface area contributed by atoms with Crippen LogP contribution in [0.2, 0.25) is 0 Å². The quantitative estimate of drug-likeness (QED) is 0.796. The van der Waals surface area contributed by atoms with Crippen molar-refractivity contribution < 1.29 is 9.53 Å². The van der Waals surface area contributed by atoms with Gasteiger partial charge in [0.15, 0.2) is 5.69 Å². The van der Waals surface area contributed by atoms with Crippen molar-refractivity contribution >= 4 is 27.5 Å². The van der Waals surface area contributed by atoms with E-state index in [0.717, 1.165) is 0 Å². The fourth-order valence-electron chi connectivity index (χ4n) is 1.40. The molecule has 6 heteroatoms. The van der Waals surface area contributed by atoms with Crippen molar-refractivity contribution in [3.8, 4) is 6.07 Å². The maximum absolute atomic E-state index is 11.5. The van der Waals surface area contributed by atoms with Crippen molar-refractivity contribution in [1.82, 2.24) is 9.38 Å². The van der Waals surface area contributed by atoms with Gasteiger partial charge in [-0.3, -0.25) is 0 Å². The number of ether oxygens (including phenoxy) is 1. The zero-order chi connectivity index (χ0) is 12.4. The Morgan fingerprint density at radius 2 is 2.41 bits per heavy atom. The molecular weight excluding hydrogens is 286 g/mol. The highest BCUT2D eigenvalue weighted by Crippen LogP contribution is 2.18. The zero-order valence-corrected chi connectivity index (χ0v) is 10.6. The standard InChI is InChI=1S/C11H8BrN3O2/c1-2-17-11(16)9-6-15-5-8(12)7(4-13)3-10(15)14-9/h3,5-6H,2H2,1H3. The SMILES string of the molecule is CCOC(=O)c1cn2cc(Br)c(C#N)cc2n1. The van der Waals surface area contributed by atoms with Crippen LogP contribution in [0.15, 0.2) is 22.9 Å². The second kappa shape index (κ2) is 4.55. The lowest BCUT2D eigenvalue weighted by Gasteiger charge is -1.96. The van der Waals surface area contributed by atoms with E-state index in [1.807, 2.05) is 6.07 Å². The topological polar surface area (TPSA) is 67.4 Å². The minimum Gasteiger partial charge on any atom is -0.461 e. The molecule has 0 bridgehead atoms. The molecule has 0 saturated carbocycles. The highest BCUT2D eigenvalue weighted by atomic mass is 79.9. The minimum absolute atomic E-state index is 0.230. The first-order valence-electron chi connectivity index (χ1n) is 4.91. The number of hydrogen-bond donors (Lipinski definition) is 0. The van der Waals surface area contributed by atoms with Crippen molar-refractivity contribution in [3.63, 3.8) is 0 Å². The molecule has 86 valence electrons. The predicted octanol–water partition coefficient (Wildman–Crippen LogP) is 2.15. The molecular formula is C11H8BrN3O2. The Hall–Kier alpha value is -1.87. The first-order chi connectivity index (χ1) is 8.15. The second-order valence-electron chi connectivity index (χ2n) is 3.26. The normalized spacial score (nSPS) is 10.2. The van der Waals surface area contributed by atoms with E-state index in [2.05, 4.69) is 20.9 Å². The molecule has 0 amide bonds. The Bertz CT molecular complexity index is 627. The summed E-state index contributed by atoms with van der Waals surface area (Å²) in [6.07, 6.45) is 3.25. The summed E-state index contributed by atoms with van der Waals surface area (Å²) in [5, 5.41) is 8.87. The maximum Gasteiger partial charge on any atom is 0.358 e. The van der Waals surface area contributed by atoms with Gasteiger partial charge in [-0.2, -0.15) is 5.26 Å². The van der Waals surface area contributed by atoms with Crippen LogP contribution in [0.5, 0.6) is 0 Å². The van der Waals surface area contributed by atoms with Crippen LogP contribution in [-0.4, -0.2) is 22.0 Å². The number of esters is 1. The molecule has 0 aliphatic heterocycles. The van der Waals surface area contributed by atoms with E-state index in [1.54, 1.807) is 29.8 Å². The van der Waals surface area contributed by atoms with Crippen LogP contribution in [0.4, 0.5) is 0 Å². The number of pyridine rings is 1. The summed E-state index contributed by atoms with van der Waals surface area (Å²) in [7, 11) is 0. The van der Waals surface area contributed by atoms with Gasteiger partial charge in [-0.15, -0.1) is 0 Å². The molecule has 0 aliphatic carbocycles. The number of carbonyl (C=O) groups is 1. The molecule has 2 aromatic heterocycles. The molecule has 0 atom stereocenters. The monoisotopic (exact) mass is 293 g/mol. The second-order valence-corrected chi connectivity index (χ2v) is 4.11. The van der Waals surface area contributed by atoms with Gasteiger partial charge in [0.2, 0.25) is 0 Å². The van der Waals surface area contributed by atoms with E-state index < -0.39 is 5.97 Å². The maximum atomic E-state index is 11.5. The lowest BCUT2D eigenvalue weighted by atomic mass is 10.3. The third kappa shape index (κ3) is 2.15. The number of hydrogen-bond acceptors (Lipinski definition) is 4. The Morgan fingerprint density at radius 3 is 3.06 bits per heavy atom. The summed E-state index contributed by atoms with van der Waals surface area (Å²) < 4.78 is 7.17. The Morgan fingerprint density at radius 1 is 1.65 bits per heavy atom. The van der Waals surface area contributed by atoms with E-state index in [4.69, 9.17) is 10.00 Å². The van der Waals surface area contributed by atoms with Gasteiger partial charge in [-0.05, 0) is 22.9 Å². The van der Waals surface area contributed by atoms with Crippen LogP contribution in [-0.2, 0) is 4.74 Å². The van der Waals surface area contributed by atoms with E-state index >= 15 is 0 Å². The van der Waals surface area contributed by atoms with E-state index in [0.29, 0.717) is 22.3 Å². The van der Waals surface area contributed by atoms with Gasteiger partial charge >= 0.3 is 5.97 Å². The predicted molar refractivity (Wildman–Crippen MR) is 63.6 cm³/mol. The van der Waals surface area contributed by atoms with Crippen LogP contribution in [0.3, 0.4) is 0 Å². The molecule has 17 heavy (non-hydrogen) atoms. The van der Waals surface area contributed by atoms with E-state index in [1.165, 1.54) is 0 Å². The van der Waals surface area contributed by atoms with Crippen molar-refractivity contribution in [3.05, 3.63) is 34.2 Å². The first kappa shape index (κ1) is 11.6. The van der Waals surface area contributed by atoms with Gasteiger partial charge in [0.1, 0.15) is 11.7 Å². The van der Waals surface area contributed by atoms with Gasteiger partial charge in [-0.25, -0.2) is 9.78 Å². The molecule has 0 radical (unpaired) electrons. The van der Waals surface area contributed by atoms with Gasteiger partial charge in [0.05, 0.1) is 16.6 Å². The molecule has 2 aromatic rings. The fraction of sp³-hybridized carbons (Fsp3) is 0.182. The van der Waals surface area contributed by atoms with Crippen molar-refractivity contribution in [2.24, 2.45) is 0 Å². The molecule has 0 spiro atoms. The highest BCUT2D eigenvalue weighted by Gasteiger charge is 2.12. The van der Waals surface area contributed by atoms with Gasteiger partial charge in [0.25, 0.3) is 0 Å². The largest absolute Gasteiger partial charge is 0.461 e. The molecule has 2 heterocycles. The number of imidazole rings is 1. The summed E-state index contributed by atoms with van der Waals surface area (Å²) >= 11 is 3.27. The molecule has 0 saturated heterocycles. The molecule has 0 aromatic carbocycles. The van der Waals surface area contributed by atoms with Crippen LogP contribution >= 0.6 is 15.9 Å². The minimum atomic E-state index is -0.467. The Labute approximate surface area is 106 Å². The number of carbonyl (C=O) groups excluding carboxylic acids is 1. The third-order valence-corrected chi connectivity index (χ3v) is 2.78. The highest BCUT2D eigenvalue weighted by molar-refractivity contribution is 9.10. The number of nitrogens with zero attached hydrogens (tertiary/aromatic N) is 3. The molecule has 0 fully saturated rings. The van der Waals surface area contributed by atoms with Gasteiger partial charge in [0, 0.05) is 18.5 Å². The van der Waals surface area contributed by atoms with Crippen molar-refractivity contribution in [2.75, 3.05) is 6.61 Å². The van der Waals surface area contributed by atoms with Crippen LogP contribution in [0, 0.1) is 11.3 Å². The van der Waals surface area contributed by atoms with Gasteiger partial charge < -0.3 is 9.14 Å². The molecule has 2 rings (SSSR count). The van der Waals surface area contributed by atoms with Crippen molar-refractivity contribution in [1.29, 1.82) is 5.26 Å². The Kier molecular flexibility index (Phi) is 3.11. The molecule has 5 nitrogen and oxygen atoms in total. The van der Waals surface area contributed by atoms with Gasteiger partial charge in [-0.1, -0.05) is 0 Å². The summed E-state index contributed by atoms with van der Waals surface area (Å²) in [4.78, 5) is 15.6. The molecule has 0 N–H and O–H groups in total. The molecule has 0 aliphatic rings. The number of rotatable bonds is 2. The zero-order valence-electron chi connectivity index (χ0n) is 8.98. The summed E-state index contributed by atoms with van der Waals surface area (Å²) in [5.41, 5.74) is 1.24. The number of nitriles is 1. The number of halogens is 1. The smallest absolute Gasteiger partial charge is 0.358 e. The van der Waals surface area contributed by atoms with Crippen molar-refractivity contribution in [2.45, 2.75) is 6.92 Å². The summed E-state index contributed by atoms with van der Waals surface area (Å²) in [5.74, 6) is -0.467. The average molecular weight is 294 g/mol. The van der Waals surface area contributed by atoms with E-state index in [9.17, 15) is 4.79 Å². The molecule has 0 unspecified atom stereocenters. The summed E-state index contributed by atoms with van der Waals surface area (Å²) in [6, 6.07) is 3.64.